The molecular weight excluding hydrogens is 656 g/mol. The molecule has 1 fully saturated rings. The molecule has 0 spiro atoms. The molecule has 52 heavy (non-hydrogen) atoms. The maximum atomic E-state index is 13.7. The van der Waals surface area contributed by atoms with Gasteiger partial charge in [-0.1, -0.05) is 24.3 Å². The lowest BCUT2D eigenvalue weighted by atomic mass is 9.80. The Morgan fingerprint density at radius 1 is 0.750 bits per heavy atom. The highest BCUT2D eigenvalue weighted by molar-refractivity contribution is 6.04. The number of hydrogen-bond acceptors (Lipinski definition) is 7. The number of likely N-dealkylation sites (N-methyl/N-ethyl adjacent to an activating group) is 1. The SMILES string of the molecule is Cc1c(NC(=O)c2nc3c(n2C)CCN(C)C3)cccc1-c1cccc(NC(=O)c2nc3c(n2C)CCN(CC[C@H]2CC[C@H](C(=O)O)CC2)C3)c1C. The Balaban J connectivity index is 1.02. The zero-order valence-electron chi connectivity index (χ0n) is 31.0. The maximum Gasteiger partial charge on any atom is 0.306 e. The molecule has 3 N–H and O–H groups in total. The minimum Gasteiger partial charge on any atom is -0.481 e. The molecular formula is C40H50N8O4. The number of carbonyl (C=O) groups is 3. The van der Waals surface area contributed by atoms with Crippen molar-refractivity contribution in [3.63, 3.8) is 0 Å². The quantitative estimate of drug-likeness (QED) is 0.206. The maximum absolute atomic E-state index is 13.7. The predicted octanol–water partition coefficient (Wildman–Crippen LogP) is 5.57. The molecule has 2 aromatic heterocycles. The van der Waals surface area contributed by atoms with Crippen LogP contribution in [0.2, 0.25) is 0 Å². The zero-order chi connectivity index (χ0) is 36.7. The minimum absolute atomic E-state index is 0.181. The van der Waals surface area contributed by atoms with E-state index in [9.17, 15) is 19.5 Å². The highest BCUT2D eigenvalue weighted by atomic mass is 16.4. The molecule has 2 aromatic carbocycles. The average molecular weight is 707 g/mol. The number of anilines is 2. The van der Waals surface area contributed by atoms with E-state index in [0.29, 0.717) is 35.5 Å². The Morgan fingerprint density at radius 3 is 1.81 bits per heavy atom. The van der Waals surface area contributed by atoms with Crippen molar-refractivity contribution in [2.45, 2.75) is 71.9 Å². The second-order valence-corrected chi connectivity index (χ2v) is 15.0. The number of rotatable bonds is 9. The molecule has 0 radical (unpaired) electrons. The summed E-state index contributed by atoms with van der Waals surface area (Å²) in [6.07, 6.45) is 6.29. The number of aliphatic carboxylic acids is 1. The Morgan fingerprint density at radius 2 is 1.27 bits per heavy atom. The second-order valence-electron chi connectivity index (χ2n) is 15.0. The number of benzene rings is 2. The summed E-state index contributed by atoms with van der Waals surface area (Å²) in [4.78, 5) is 52.7. The minimum atomic E-state index is -0.657. The number of hydrogen-bond donors (Lipinski definition) is 3. The van der Waals surface area contributed by atoms with Crippen molar-refractivity contribution in [1.82, 2.24) is 28.9 Å². The molecule has 7 rings (SSSR count). The zero-order valence-corrected chi connectivity index (χ0v) is 31.0. The number of aromatic nitrogens is 4. The van der Waals surface area contributed by atoms with Crippen molar-refractivity contribution in [1.29, 1.82) is 0 Å². The molecule has 12 nitrogen and oxygen atoms in total. The summed E-state index contributed by atoms with van der Waals surface area (Å²) in [5.74, 6) is 0.0530. The highest BCUT2D eigenvalue weighted by Gasteiger charge is 2.29. The number of carboxylic acid groups (broad SMARTS) is 1. The molecule has 1 saturated carbocycles. The van der Waals surface area contributed by atoms with Gasteiger partial charge in [-0.3, -0.25) is 19.3 Å². The van der Waals surface area contributed by atoms with Gasteiger partial charge in [0.05, 0.1) is 17.3 Å². The number of nitrogens with one attached hydrogen (secondary N) is 2. The van der Waals surface area contributed by atoms with Crippen molar-refractivity contribution in [2.24, 2.45) is 25.9 Å². The molecule has 3 aliphatic rings. The first kappa shape index (κ1) is 35.6. The van der Waals surface area contributed by atoms with E-state index in [1.807, 2.05) is 73.5 Å². The van der Waals surface area contributed by atoms with Crippen molar-refractivity contribution in [3.05, 3.63) is 81.9 Å². The van der Waals surface area contributed by atoms with E-state index < -0.39 is 5.97 Å². The lowest BCUT2D eigenvalue weighted by Gasteiger charge is -2.30. The van der Waals surface area contributed by atoms with E-state index >= 15 is 0 Å². The van der Waals surface area contributed by atoms with Crippen LogP contribution in [0.25, 0.3) is 11.1 Å². The van der Waals surface area contributed by atoms with Crippen LogP contribution in [0.15, 0.2) is 36.4 Å². The fourth-order valence-corrected chi connectivity index (χ4v) is 8.38. The van der Waals surface area contributed by atoms with E-state index in [4.69, 9.17) is 9.97 Å². The largest absolute Gasteiger partial charge is 0.481 e. The Labute approximate surface area is 305 Å². The molecule has 4 heterocycles. The van der Waals surface area contributed by atoms with Gasteiger partial charge in [-0.25, -0.2) is 9.97 Å². The fraction of sp³-hybridized carbons (Fsp3) is 0.475. The summed E-state index contributed by atoms with van der Waals surface area (Å²) in [6, 6.07) is 11.8. The van der Waals surface area contributed by atoms with Gasteiger partial charge < -0.3 is 29.8 Å². The Kier molecular flexibility index (Phi) is 10.0. The first-order valence-electron chi connectivity index (χ1n) is 18.5. The van der Waals surface area contributed by atoms with Crippen LogP contribution in [0.4, 0.5) is 11.4 Å². The summed E-state index contributed by atoms with van der Waals surface area (Å²) in [6.45, 7) is 8.26. The van der Waals surface area contributed by atoms with Crippen LogP contribution in [-0.2, 0) is 44.8 Å². The normalized spacial score (nSPS) is 19.2. The number of nitrogens with zero attached hydrogens (tertiary/aromatic N) is 6. The van der Waals surface area contributed by atoms with Gasteiger partial charge in [0.1, 0.15) is 0 Å². The summed E-state index contributed by atoms with van der Waals surface area (Å²) in [5.41, 5.74) is 9.32. The van der Waals surface area contributed by atoms with Crippen LogP contribution in [0.3, 0.4) is 0 Å². The van der Waals surface area contributed by atoms with E-state index in [1.54, 1.807) is 0 Å². The number of carboxylic acids is 1. The van der Waals surface area contributed by atoms with Gasteiger partial charge >= 0.3 is 5.97 Å². The molecule has 2 aliphatic heterocycles. The van der Waals surface area contributed by atoms with Crippen LogP contribution < -0.4 is 10.6 Å². The summed E-state index contributed by atoms with van der Waals surface area (Å²) in [7, 11) is 5.89. The molecule has 0 unspecified atom stereocenters. The Hall–Kier alpha value is -4.81. The van der Waals surface area contributed by atoms with Crippen LogP contribution in [0, 0.1) is 25.7 Å². The van der Waals surface area contributed by atoms with Crippen LogP contribution >= 0.6 is 0 Å². The molecule has 0 bridgehead atoms. The molecule has 4 aromatic rings. The smallest absolute Gasteiger partial charge is 0.306 e. The molecule has 0 saturated heterocycles. The third-order valence-corrected chi connectivity index (χ3v) is 11.7. The van der Waals surface area contributed by atoms with Crippen molar-refractivity contribution >= 4 is 29.2 Å². The van der Waals surface area contributed by atoms with Crippen LogP contribution in [-0.4, -0.2) is 78.5 Å². The van der Waals surface area contributed by atoms with Crippen molar-refractivity contribution < 1.29 is 19.5 Å². The third-order valence-electron chi connectivity index (χ3n) is 11.7. The molecule has 274 valence electrons. The van der Waals surface area contributed by atoms with Gasteiger partial charge in [0.25, 0.3) is 11.8 Å². The molecule has 1 aliphatic carbocycles. The second kappa shape index (κ2) is 14.7. The summed E-state index contributed by atoms with van der Waals surface area (Å²) < 4.78 is 3.85. The summed E-state index contributed by atoms with van der Waals surface area (Å²) >= 11 is 0. The van der Waals surface area contributed by atoms with Gasteiger partial charge in [-0.05, 0) is 99.8 Å². The van der Waals surface area contributed by atoms with Gasteiger partial charge in [0, 0.05) is 75.9 Å². The third kappa shape index (κ3) is 7.01. The number of amides is 2. The lowest BCUT2D eigenvalue weighted by Crippen LogP contribution is -2.33. The topological polar surface area (TPSA) is 138 Å². The van der Waals surface area contributed by atoms with E-state index in [1.165, 1.54) is 0 Å². The van der Waals surface area contributed by atoms with Crippen LogP contribution in [0.1, 0.15) is 87.2 Å². The van der Waals surface area contributed by atoms with Gasteiger partial charge in [-0.2, -0.15) is 0 Å². The standard InChI is InChI=1S/C40H50N8O4/c1-24-28(8-6-10-30(24)43-38(49)36-41-32-22-45(3)19-17-34(32)46(36)4)29-9-7-11-31(25(29)2)44-39(50)37-42-33-23-48(21-18-35(33)47(37)5)20-16-26-12-14-27(15-13-26)40(51)52/h6-11,26-27H,12-23H2,1-5H3,(H,43,49)(H,44,50)(H,51,52)/t26-,27-. The number of imidazole rings is 2. The van der Waals surface area contributed by atoms with Crippen LogP contribution in [0.5, 0.6) is 0 Å². The highest BCUT2D eigenvalue weighted by Crippen LogP contribution is 2.35. The average Bonchev–Trinajstić information content (AvgIpc) is 3.64. The first-order valence-corrected chi connectivity index (χ1v) is 18.5. The summed E-state index contributed by atoms with van der Waals surface area (Å²) in [5, 5.41) is 15.6. The molecule has 12 heteroatoms. The molecule has 2 amide bonds. The van der Waals surface area contributed by atoms with Gasteiger partial charge in [0.15, 0.2) is 11.6 Å². The van der Waals surface area contributed by atoms with E-state index in [-0.39, 0.29) is 17.7 Å². The van der Waals surface area contributed by atoms with Gasteiger partial charge in [0.2, 0.25) is 0 Å². The van der Waals surface area contributed by atoms with E-state index in [0.717, 1.165) is 116 Å². The number of fused-ring (bicyclic) bond motifs is 2. The Bertz CT molecular complexity index is 2020. The lowest BCUT2D eigenvalue weighted by molar-refractivity contribution is -0.143. The molecule has 0 atom stereocenters. The van der Waals surface area contributed by atoms with Crippen molar-refractivity contribution in [3.8, 4) is 11.1 Å². The van der Waals surface area contributed by atoms with Crippen molar-refractivity contribution in [2.75, 3.05) is 37.3 Å². The van der Waals surface area contributed by atoms with E-state index in [2.05, 4.69) is 27.5 Å². The number of carbonyl (C=O) groups excluding carboxylic acids is 2. The predicted molar refractivity (Wildman–Crippen MR) is 200 cm³/mol. The fourth-order valence-electron chi connectivity index (χ4n) is 8.38. The van der Waals surface area contributed by atoms with Gasteiger partial charge in [-0.15, -0.1) is 0 Å². The monoisotopic (exact) mass is 706 g/mol. The first-order chi connectivity index (χ1) is 25.0.